The lowest BCUT2D eigenvalue weighted by Gasteiger charge is -2.29. The third-order valence-electron chi connectivity index (χ3n) is 5.80. The normalized spacial score (nSPS) is 16.5. The fraction of sp³-hybridized carbons (Fsp3) is 0.500. The summed E-state index contributed by atoms with van der Waals surface area (Å²) < 4.78 is 5.53. The summed E-state index contributed by atoms with van der Waals surface area (Å²) in [5, 5.41) is 3.52. The molecule has 0 radical (unpaired) electrons. The number of benzene rings is 2. The molecule has 1 heterocycles. The molecule has 146 valence electrons. The molecule has 0 amide bonds. The number of nitrogens with one attached hydrogen (secondary N) is 1. The van der Waals surface area contributed by atoms with Gasteiger partial charge in [0.05, 0.1) is 13.2 Å². The van der Waals surface area contributed by atoms with Crippen molar-refractivity contribution in [3.63, 3.8) is 0 Å². The Kier molecular flexibility index (Phi) is 6.92. The first kappa shape index (κ1) is 19.9. The predicted octanol–water partition coefficient (Wildman–Crippen LogP) is 4.91. The zero-order valence-electron chi connectivity index (χ0n) is 17.3. The fourth-order valence-electron chi connectivity index (χ4n) is 3.88. The number of hydrogen-bond acceptors (Lipinski definition) is 3. The Balaban J connectivity index is 1.97. The van der Waals surface area contributed by atoms with Crippen molar-refractivity contribution in [1.82, 2.24) is 4.90 Å². The Hall–Kier alpha value is -1.84. The van der Waals surface area contributed by atoms with Crippen molar-refractivity contribution in [2.45, 2.75) is 39.7 Å². The zero-order chi connectivity index (χ0) is 19.2. The highest BCUT2D eigenvalue weighted by Gasteiger charge is 2.20. The number of anilines is 1. The topological polar surface area (TPSA) is 24.5 Å². The molecule has 1 aliphatic heterocycles. The Morgan fingerprint density at radius 3 is 2.33 bits per heavy atom. The molecule has 3 rings (SSSR count). The third kappa shape index (κ3) is 5.12. The van der Waals surface area contributed by atoms with Gasteiger partial charge in [0.1, 0.15) is 0 Å². The van der Waals surface area contributed by atoms with Gasteiger partial charge in [-0.1, -0.05) is 63.2 Å². The molecule has 0 spiro atoms. The minimum Gasteiger partial charge on any atom is -0.388 e. The van der Waals surface area contributed by atoms with E-state index in [0.717, 1.165) is 39.3 Å². The summed E-state index contributed by atoms with van der Waals surface area (Å²) in [6.45, 7) is 11.7. The summed E-state index contributed by atoms with van der Waals surface area (Å²) in [6, 6.07) is 15.6. The average Bonchev–Trinajstić information content (AvgIpc) is 2.68. The molecule has 3 nitrogen and oxygen atoms in total. The highest BCUT2D eigenvalue weighted by atomic mass is 16.5. The Morgan fingerprint density at radius 1 is 1.00 bits per heavy atom. The smallest absolute Gasteiger partial charge is 0.0594 e. The quantitative estimate of drug-likeness (QED) is 0.753. The second-order valence-electron chi connectivity index (χ2n) is 8.05. The van der Waals surface area contributed by atoms with Gasteiger partial charge in [0.15, 0.2) is 0 Å². The van der Waals surface area contributed by atoms with Crippen LogP contribution < -0.4 is 5.32 Å². The summed E-state index contributed by atoms with van der Waals surface area (Å²) in [5.41, 5.74) is 6.96. The molecule has 1 unspecified atom stereocenters. The molecule has 3 heteroatoms. The molecular weight excluding hydrogens is 332 g/mol. The molecule has 2 aromatic rings. The maximum Gasteiger partial charge on any atom is 0.0594 e. The Labute approximate surface area is 164 Å². The molecule has 2 aromatic carbocycles. The van der Waals surface area contributed by atoms with Crippen LogP contribution in [0.4, 0.5) is 5.69 Å². The first-order valence-electron chi connectivity index (χ1n) is 10.3. The van der Waals surface area contributed by atoms with Gasteiger partial charge in [-0.2, -0.15) is 0 Å². The van der Waals surface area contributed by atoms with Crippen molar-refractivity contribution >= 4 is 5.69 Å². The highest BCUT2D eigenvalue weighted by molar-refractivity contribution is 5.61. The van der Waals surface area contributed by atoms with Crippen LogP contribution in [0.1, 0.15) is 48.9 Å². The predicted molar refractivity (Wildman–Crippen MR) is 115 cm³/mol. The van der Waals surface area contributed by atoms with Crippen molar-refractivity contribution in [2.24, 2.45) is 5.92 Å². The number of morpholine rings is 1. The van der Waals surface area contributed by atoms with Crippen LogP contribution in [0.2, 0.25) is 0 Å². The van der Waals surface area contributed by atoms with Crippen LogP contribution in [0.15, 0.2) is 42.5 Å². The molecule has 1 saturated heterocycles. The molecule has 0 saturated carbocycles. The lowest BCUT2D eigenvalue weighted by atomic mass is 9.85. The summed E-state index contributed by atoms with van der Waals surface area (Å²) in [4.78, 5) is 2.51. The Bertz CT molecular complexity index is 721. The molecule has 0 bridgehead atoms. The lowest BCUT2D eigenvalue weighted by Crippen LogP contribution is -2.35. The van der Waals surface area contributed by atoms with Crippen LogP contribution >= 0.6 is 0 Å². The van der Waals surface area contributed by atoms with Gasteiger partial charge in [0.25, 0.3) is 0 Å². The van der Waals surface area contributed by atoms with Gasteiger partial charge < -0.3 is 10.1 Å². The van der Waals surface area contributed by atoms with Crippen LogP contribution in [0, 0.1) is 5.92 Å². The van der Waals surface area contributed by atoms with E-state index in [-0.39, 0.29) is 0 Å². The molecule has 0 aromatic heterocycles. The van der Waals surface area contributed by atoms with Crippen molar-refractivity contribution in [1.29, 1.82) is 0 Å². The summed E-state index contributed by atoms with van der Waals surface area (Å²) >= 11 is 0. The standard InChI is InChI=1S/C24H34N2O/c1-18(2)19(3)23-16-21(14-20-8-6-5-7-9-20)15-22(24(23)25-4)17-26-10-12-27-13-11-26/h5-9,15-16,18-19,25H,10-14,17H2,1-4H3. The average molecular weight is 367 g/mol. The van der Waals surface area contributed by atoms with Crippen LogP contribution in [-0.2, 0) is 17.7 Å². The molecule has 1 aliphatic rings. The van der Waals surface area contributed by atoms with E-state index in [1.54, 1.807) is 0 Å². The van der Waals surface area contributed by atoms with Crippen molar-refractivity contribution in [3.8, 4) is 0 Å². The largest absolute Gasteiger partial charge is 0.388 e. The summed E-state index contributed by atoms with van der Waals surface area (Å²) in [6.07, 6.45) is 0.985. The molecular formula is C24H34N2O. The van der Waals surface area contributed by atoms with Crippen LogP contribution in [0.25, 0.3) is 0 Å². The van der Waals surface area contributed by atoms with E-state index in [2.05, 4.69) is 80.5 Å². The van der Waals surface area contributed by atoms with E-state index in [1.807, 2.05) is 0 Å². The van der Waals surface area contributed by atoms with Crippen LogP contribution in [0.5, 0.6) is 0 Å². The van der Waals surface area contributed by atoms with Gasteiger partial charge >= 0.3 is 0 Å². The number of rotatable bonds is 7. The summed E-state index contributed by atoms with van der Waals surface area (Å²) in [7, 11) is 2.06. The monoisotopic (exact) mass is 366 g/mol. The van der Waals surface area contributed by atoms with E-state index in [4.69, 9.17) is 4.74 Å². The second kappa shape index (κ2) is 9.38. The van der Waals surface area contributed by atoms with E-state index in [9.17, 15) is 0 Å². The minimum absolute atomic E-state index is 0.520. The Morgan fingerprint density at radius 2 is 1.70 bits per heavy atom. The lowest BCUT2D eigenvalue weighted by molar-refractivity contribution is 0.0342. The van der Waals surface area contributed by atoms with Gasteiger partial charge in [0.2, 0.25) is 0 Å². The van der Waals surface area contributed by atoms with Gasteiger partial charge in [-0.25, -0.2) is 0 Å². The molecule has 27 heavy (non-hydrogen) atoms. The summed E-state index contributed by atoms with van der Waals surface area (Å²) in [5.74, 6) is 1.13. The van der Waals surface area contributed by atoms with Gasteiger partial charge in [0, 0.05) is 32.4 Å². The maximum atomic E-state index is 5.53. The number of nitrogens with zero attached hydrogens (tertiary/aromatic N) is 1. The fourth-order valence-corrected chi connectivity index (χ4v) is 3.88. The third-order valence-corrected chi connectivity index (χ3v) is 5.80. The van der Waals surface area contributed by atoms with Crippen molar-refractivity contribution in [3.05, 3.63) is 64.7 Å². The van der Waals surface area contributed by atoms with E-state index in [0.29, 0.717) is 11.8 Å². The number of ether oxygens (including phenoxy) is 1. The molecule has 0 aliphatic carbocycles. The van der Waals surface area contributed by atoms with Gasteiger partial charge in [-0.3, -0.25) is 4.90 Å². The number of hydrogen-bond donors (Lipinski definition) is 1. The zero-order valence-corrected chi connectivity index (χ0v) is 17.3. The second-order valence-corrected chi connectivity index (χ2v) is 8.05. The van der Waals surface area contributed by atoms with Crippen LogP contribution in [-0.4, -0.2) is 38.3 Å². The highest BCUT2D eigenvalue weighted by Crippen LogP contribution is 2.35. The van der Waals surface area contributed by atoms with E-state index >= 15 is 0 Å². The van der Waals surface area contributed by atoms with Crippen molar-refractivity contribution in [2.75, 3.05) is 38.7 Å². The van der Waals surface area contributed by atoms with Gasteiger partial charge in [-0.05, 0) is 40.5 Å². The van der Waals surface area contributed by atoms with E-state index in [1.165, 1.54) is 27.9 Å². The maximum absolute atomic E-state index is 5.53. The minimum atomic E-state index is 0.520. The van der Waals surface area contributed by atoms with Gasteiger partial charge in [-0.15, -0.1) is 0 Å². The molecule has 1 N–H and O–H groups in total. The van der Waals surface area contributed by atoms with Crippen LogP contribution in [0.3, 0.4) is 0 Å². The van der Waals surface area contributed by atoms with Crippen molar-refractivity contribution < 1.29 is 4.74 Å². The first-order chi connectivity index (χ1) is 13.1. The SMILES string of the molecule is CNc1c(CN2CCOCC2)cc(Cc2ccccc2)cc1C(C)C(C)C. The molecule has 1 atom stereocenters. The molecule has 1 fully saturated rings. The van der Waals surface area contributed by atoms with E-state index < -0.39 is 0 Å². The first-order valence-corrected chi connectivity index (χ1v) is 10.3.